The van der Waals surface area contributed by atoms with Crippen molar-refractivity contribution in [2.75, 3.05) is 5.32 Å². The van der Waals surface area contributed by atoms with Crippen LogP contribution in [0.15, 0.2) is 46.0 Å². The Morgan fingerprint density at radius 2 is 2.00 bits per heavy atom. The lowest BCUT2D eigenvalue weighted by molar-refractivity contribution is -0.114. The van der Waals surface area contributed by atoms with Crippen molar-refractivity contribution in [2.45, 2.75) is 24.1 Å². The summed E-state index contributed by atoms with van der Waals surface area (Å²) in [6.45, 7) is 3.19. The first-order valence-electron chi connectivity index (χ1n) is 6.32. The van der Waals surface area contributed by atoms with Gasteiger partial charge >= 0.3 is 0 Å². The van der Waals surface area contributed by atoms with Crippen molar-refractivity contribution in [3.63, 3.8) is 0 Å². The molecule has 0 bridgehead atoms. The number of nitrogens with one attached hydrogen (secondary N) is 2. The summed E-state index contributed by atoms with van der Waals surface area (Å²) < 4.78 is 27.2. The number of sulfonamides is 1. The van der Waals surface area contributed by atoms with E-state index in [4.69, 9.17) is 0 Å². The number of hydrogen-bond donors (Lipinski definition) is 2. The first-order valence-corrected chi connectivity index (χ1v) is 8.68. The van der Waals surface area contributed by atoms with E-state index in [0.717, 1.165) is 5.56 Å². The predicted octanol–water partition coefficient (Wildman–Crippen LogP) is 2.75. The Bertz CT molecular complexity index is 724. The van der Waals surface area contributed by atoms with Crippen LogP contribution in [0.25, 0.3) is 0 Å². The van der Waals surface area contributed by atoms with Gasteiger partial charge in [-0.05, 0) is 36.1 Å². The van der Waals surface area contributed by atoms with Crippen molar-refractivity contribution in [1.29, 1.82) is 0 Å². The SMILES string of the molecule is CC(=O)Nc1cccc([C@H](C)NS(=O)(=O)c2cccs2)c1. The summed E-state index contributed by atoms with van der Waals surface area (Å²) in [6, 6.07) is 9.96. The van der Waals surface area contributed by atoms with Crippen molar-refractivity contribution in [2.24, 2.45) is 0 Å². The summed E-state index contributed by atoms with van der Waals surface area (Å²) in [5, 5.41) is 4.40. The fourth-order valence-electron chi connectivity index (χ4n) is 1.86. The van der Waals surface area contributed by atoms with Crippen LogP contribution < -0.4 is 10.0 Å². The highest BCUT2D eigenvalue weighted by Crippen LogP contribution is 2.22. The van der Waals surface area contributed by atoms with Crippen molar-refractivity contribution in [1.82, 2.24) is 4.72 Å². The lowest BCUT2D eigenvalue weighted by atomic mass is 10.1. The summed E-state index contributed by atoms with van der Waals surface area (Å²) in [4.78, 5) is 11.1. The zero-order valence-corrected chi connectivity index (χ0v) is 13.3. The third-order valence-electron chi connectivity index (χ3n) is 2.80. The van der Waals surface area contributed by atoms with Gasteiger partial charge in [0.25, 0.3) is 10.0 Å². The number of hydrogen-bond acceptors (Lipinski definition) is 4. The molecule has 0 saturated heterocycles. The van der Waals surface area contributed by atoms with E-state index in [0.29, 0.717) is 5.69 Å². The Morgan fingerprint density at radius 3 is 2.62 bits per heavy atom. The van der Waals surface area contributed by atoms with E-state index in [1.807, 2.05) is 6.07 Å². The third-order valence-corrected chi connectivity index (χ3v) is 5.74. The largest absolute Gasteiger partial charge is 0.326 e. The highest BCUT2D eigenvalue weighted by Gasteiger charge is 2.19. The molecule has 0 unspecified atom stereocenters. The number of rotatable bonds is 5. The van der Waals surface area contributed by atoms with E-state index < -0.39 is 16.1 Å². The lowest BCUT2D eigenvalue weighted by Gasteiger charge is -2.15. The Hall–Kier alpha value is -1.70. The predicted molar refractivity (Wildman–Crippen MR) is 83.8 cm³/mol. The molecule has 0 aliphatic carbocycles. The fraction of sp³-hybridized carbons (Fsp3) is 0.214. The average Bonchev–Trinajstić information content (AvgIpc) is 2.92. The molecule has 0 spiro atoms. The molecule has 0 fully saturated rings. The van der Waals surface area contributed by atoms with Crippen LogP contribution in [0, 0.1) is 0 Å². The number of anilines is 1. The van der Waals surface area contributed by atoms with Crippen LogP contribution in [0.5, 0.6) is 0 Å². The smallest absolute Gasteiger partial charge is 0.250 e. The molecule has 2 rings (SSSR count). The van der Waals surface area contributed by atoms with Crippen LogP contribution in [0.4, 0.5) is 5.69 Å². The second-order valence-corrected chi connectivity index (χ2v) is 7.47. The van der Waals surface area contributed by atoms with E-state index in [1.54, 1.807) is 42.6 Å². The summed E-state index contributed by atoms with van der Waals surface area (Å²) in [6.07, 6.45) is 0. The number of carbonyl (C=O) groups is 1. The first kappa shape index (κ1) is 15.7. The number of carbonyl (C=O) groups excluding carboxylic acids is 1. The molecule has 1 heterocycles. The maximum Gasteiger partial charge on any atom is 0.250 e. The Morgan fingerprint density at radius 1 is 1.24 bits per heavy atom. The maximum absolute atomic E-state index is 12.2. The second kappa shape index (κ2) is 6.38. The minimum absolute atomic E-state index is 0.168. The van der Waals surface area contributed by atoms with E-state index in [2.05, 4.69) is 10.0 Å². The fourth-order valence-corrected chi connectivity index (χ4v) is 4.11. The molecule has 2 N–H and O–H groups in total. The van der Waals surface area contributed by atoms with Gasteiger partial charge in [0.2, 0.25) is 5.91 Å². The van der Waals surface area contributed by atoms with Crippen molar-refractivity contribution in [3.8, 4) is 0 Å². The van der Waals surface area contributed by atoms with Gasteiger partial charge in [0.05, 0.1) is 0 Å². The third kappa shape index (κ3) is 4.13. The average molecular weight is 324 g/mol. The first-order chi connectivity index (χ1) is 9.88. The van der Waals surface area contributed by atoms with Crippen molar-refractivity contribution in [3.05, 3.63) is 47.3 Å². The van der Waals surface area contributed by atoms with Crippen molar-refractivity contribution >= 4 is 33.0 Å². The zero-order valence-electron chi connectivity index (χ0n) is 11.7. The van der Waals surface area contributed by atoms with Gasteiger partial charge in [-0.3, -0.25) is 4.79 Å². The molecule has 0 radical (unpaired) electrons. The highest BCUT2D eigenvalue weighted by molar-refractivity contribution is 7.91. The Labute approximate surface area is 128 Å². The zero-order chi connectivity index (χ0) is 15.5. The van der Waals surface area contributed by atoms with Gasteiger partial charge in [0.1, 0.15) is 4.21 Å². The minimum atomic E-state index is -3.52. The summed E-state index contributed by atoms with van der Waals surface area (Å²) in [5.74, 6) is -0.168. The van der Waals surface area contributed by atoms with Gasteiger partial charge in [-0.15, -0.1) is 11.3 Å². The van der Waals surface area contributed by atoms with Gasteiger partial charge in [-0.25, -0.2) is 13.1 Å². The topological polar surface area (TPSA) is 75.3 Å². The Kier molecular flexibility index (Phi) is 4.76. The number of thiophene rings is 1. The van der Waals surface area contributed by atoms with Gasteiger partial charge in [0.15, 0.2) is 0 Å². The highest BCUT2D eigenvalue weighted by atomic mass is 32.2. The standard InChI is InChI=1S/C14H16N2O3S2/c1-10(16-21(18,19)14-7-4-8-20-14)12-5-3-6-13(9-12)15-11(2)17/h3-10,16H,1-2H3,(H,15,17)/t10-/m0/s1. The Balaban J connectivity index is 2.17. The molecule has 1 amide bonds. The van der Waals surface area contributed by atoms with Crippen LogP contribution in [-0.4, -0.2) is 14.3 Å². The normalized spacial score (nSPS) is 12.9. The molecule has 1 aromatic heterocycles. The molecule has 1 atom stereocenters. The monoisotopic (exact) mass is 324 g/mol. The molecular weight excluding hydrogens is 308 g/mol. The molecule has 5 nitrogen and oxygen atoms in total. The summed E-state index contributed by atoms with van der Waals surface area (Å²) in [7, 11) is -3.52. The van der Waals surface area contributed by atoms with E-state index in [-0.39, 0.29) is 10.1 Å². The molecule has 21 heavy (non-hydrogen) atoms. The van der Waals surface area contributed by atoms with Crippen LogP contribution in [-0.2, 0) is 14.8 Å². The molecule has 2 aromatic rings. The van der Waals surface area contributed by atoms with E-state index >= 15 is 0 Å². The molecular formula is C14H16N2O3S2. The van der Waals surface area contributed by atoms with Gasteiger partial charge < -0.3 is 5.32 Å². The van der Waals surface area contributed by atoms with Gasteiger partial charge in [0, 0.05) is 18.7 Å². The van der Waals surface area contributed by atoms with Gasteiger partial charge in [-0.1, -0.05) is 18.2 Å². The van der Waals surface area contributed by atoms with Crippen LogP contribution in [0.2, 0.25) is 0 Å². The number of amides is 1. The van der Waals surface area contributed by atoms with E-state index in [9.17, 15) is 13.2 Å². The van der Waals surface area contributed by atoms with Crippen LogP contribution in [0.3, 0.4) is 0 Å². The molecule has 7 heteroatoms. The van der Waals surface area contributed by atoms with Crippen molar-refractivity contribution < 1.29 is 13.2 Å². The molecule has 0 saturated carbocycles. The molecule has 0 aliphatic heterocycles. The quantitative estimate of drug-likeness (QED) is 0.888. The van der Waals surface area contributed by atoms with Crippen LogP contribution >= 0.6 is 11.3 Å². The molecule has 0 aliphatic rings. The molecule has 1 aromatic carbocycles. The van der Waals surface area contributed by atoms with Gasteiger partial charge in [-0.2, -0.15) is 0 Å². The second-order valence-electron chi connectivity index (χ2n) is 4.58. The minimum Gasteiger partial charge on any atom is -0.326 e. The summed E-state index contributed by atoms with van der Waals surface area (Å²) in [5.41, 5.74) is 1.42. The number of benzene rings is 1. The lowest BCUT2D eigenvalue weighted by Crippen LogP contribution is -2.26. The maximum atomic E-state index is 12.2. The molecule has 112 valence electrons. The van der Waals surface area contributed by atoms with E-state index in [1.165, 1.54) is 18.3 Å². The van der Waals surface area contributed by atoms with Crippen LogP contribution in [0.1, 0.15) is 25.5 Å². The summed E-state index contributed by atoms with van der Waals surface area (Å²) >= 11 is 1.17.